The molecule has 1 heterocycles. The van der Waals surface area contributed by atoms with Gasteiger partial charge in [-0.25, -0.2) is 0 Å². The van der Waals surface area contributed by atoms with Crippen molar-refractivity contribution in [1.82, 2.24) is 4.90 Å². The Hall–Kier alpha value is -0.580. The number of rotatable bonds is 3. The van der Waals surface area contributed by atoms with Crippen LogP contribution in [0.1, 0.15) is 18.4 Å². The molecule has 1 unspecified atom stereocenters. The first kappa shape index (κ1) is 14.8. The van der Waals surface area contributed by atoms with Crippen LogP contribution in [-0.4, -0.2) is 49.3 Å². The minimum absolute atomic E-state index is 0.254. The Morgan fingerprint density at radius 3 is 2.84 bits per heavy atom. The van der Waals surface area contributed by atoms with E-state index in [4.69, 9.17) is 0 Å². The first-order valence-electron chi connectivity index (χ1n) is 6.94. The van der Waals surface area contributed by atoms with Gasteiger partial charge in [0.1, 0.15) is 0 Å². The van der Waals surface area contributed by atoms with E-state index in [1.807, 2.05) is 0 Å². The van der Waals surface area contributed by atoms with Crippen molar-refractivity contribution in [3.8, 4) is 0 Å². The summed E-state index contributed by atoms with van der Waals surface area (Å²) in [5.41, 5.74) is 2.53. The molecule has 1 saturated heterocycles. The fraction of sp³-hybridized carbons (Fsp3) is 0.600. The molecule has 4 heteroatoms. The van der Waals surface area contributed by atoms with Gasteiger partial charge in [-0.2, -0.15) is 0 Å². The Labute approximate surface area is 124 Å². The van der Waals surface area contributed by atoms with E-state index in [1.165, 1.54) is 17.7 Å². The maximum atomic E-state index is 9.31. The van der Waals surface area contributed by atoms with Crippen molar-refractivity contribution in [2.75, 3.05) is 38.2 Å². The number of aliphatic hydroxyl groups excluding tert-OH is 1. The molecular formula is C15H23BrN2O. The highest BCUT2D eigenvalue weighted by Gasteiger charge is 2.23. The number of hydrogen-bond acceptors (Lipinski definition) is 3. The van der Waals surface area contributed by atoms with Gasteiger partial charge in [-0.1, -0.05) is 15.9 Å². The number of halogens is 1. The van der Waals surface area contributed by atoms with E-state index in [0.29, 0.717) is 6.04 Å². The van der Waals surface area contributed by atoms with E-state index in [9.17, 15) is 5.11 Å². The Morgan fingerprint density at radius 1 is 1.37 bits per heavy atom. The van der Waals surface area contributed by atoms with E-state index in [-0.39, 0.29) is 6.61 Å². The van der Waals surface area contributed by atoms with E-state index in [2.05, 4.69) is 57.9 Å². The monoisotopic (exact) mass is 326 g/mol. The molecule has 1 aliphatic rings. The molecule has 0 radical (unpaired) electrons. The van der Waals surface area contributed by atoms with Crippen molar-refractivity contribution in [3.63, 3.8) is 0 Å². The average molecular weight is 327 g/mol. The average Bonchev–Trinajstić information content (AvgIpc) is 2.55. The zero-order valence-corrected chi connectivity index (χ0v) is 13.4. The minimum Gasteiger partial charge on any atom is -0.396 e. The SMILES string of the molecule is Cc1cc(N2CCCN(C)CC2CCO)ccc1Br. The standard InChI is InChI=1S/C15H23BrN2O/c1-12-10-13(4-5-15(12)16)18-8-3-7-17(2)11-14(18)6-9-19/h4-5,10,14,19H,3,6-9,11H2,1-2H3. The van der Waals surface area contributed by atoms with E-state index < -0.39 is 0 Å². The lowest BCUT2D eigenvalue weighted by molar-refractivity contribution is 0.253. The van der Waals surface area contributed by atoms with Gasteiger partial charge >= 0.3 is 0 Å². The summed E-state index contributed by atoms with van der Waals surface area (Å²) in [4.78, 5) is 4.82. The summed E-state index contributed by atoms with van der Waals surface area (Å²) in [7, 11) is 2.17. The topological polar surface area (TPSA) is 26.7 Å². The van der Waals surface area contributed by atoms with E-state index in [1.54, 1.807) is 0 Å². The summed E-state index contributed by atoms with van der Waals surface area (Å²) in [5, 5.41) is 9.31. The van der Waals surface area contributed by atoms with Crippen LogP contribution in [0.2, 0.25) is 0 Å². The lowest BCUT2D eigenvalue weighted by atomic mass is 10.1. The van der Waals surface area contributed by atoms with Gasteiger partial charge in [0.2, 0.25) is 0 Å². The molecule has 106 valence electrons. The third-order valence-corrected chi connectivity index (χ3v) is 4.73. The van der Waals surface area contributed by atoms with Gasteiger partial charge in [0.15, 0.2) is 0 Å². The molecule has 0 amide bonds. The maximum Gasteiger partial charge on any atom is 0.0451 e. The van der Waals surface area contributed by atoms with Crippen molar-refractivity contribution >= 4 is 21.6 Å². The Bertz CT molecular complexity index is 425. The third-order valence-electron chi connectivity index (χ3n) is 3.84. The van der Waals surface area contributed by atoms with Gasteiger partial charge in [0.05, 0.1) is 0 Å². The molecule has 0 spiro atoms. The summed E-state index contributed by atoms with van der Waals surface area (Å²) in [6, 6.07) is 6.93. The number of aliphatic hydroxyl groups is 1. The zero-order chi connectivity index (χ0) is 13.8. The molecule has 1 fully saturated rings. The van der Waals surface area contributed by atoms with E-state index >= 15 is 0 Å². The van der Waals surface area contributed by atoms with Gasteiger partial charge in [-0.3, -0.25) is 0 Å². The van der Waals surface area contributed by atoms with Crippen molar-refractivity contribution < 1.29 is 5.11 Å². The predicted molar refractivity (Wildman–Crippen MR) is 83.8 cm³/mol. The fourth-order valence-electron chi connectivity index (χ4n) is 2.79. The smallest absolute Gasteiger partial charge is 0.0451 e. The van der Waals surface area contributed by atoms with Gasteiger partial charge < -0.3 is 14.9 Å². The molecular weight excluding hydrogens is 304 g/mol. The van der Waals surface area contributed by atoms with Crippen LogP contribution in [0.15, 0.2) is 22.7 Å². The Morgan fingerprint density at radius 2 is 2.16 bits per heavy atom. The van der Waals surface area contributed by atoms with Gasteiger partial charge in [-0.05, 0) is 57.1 Å². The number of hydrogen-bond donors (Lipinski definition) is 1. The van der Waals surface area contributed by atoms with Crippen molar-refractivity contribution in [2.45, 2.75) is 25.8 Å². The molecule has 0 aromatic heterocycles. The second-order valence-electron chi connectivity index (χ2n) is 5.41. The minimum atomic E-state index is 0.254. The predicted octanol–water partition coefficient (Wildman–Crippen LogP) is 2.65. The third kappa shape index (κ3) is 3.71. The molecule has 19 heavy (non-hydrogen) atoms. The highest BCUT2D eigenvalue weighted by atomic mass is 79.9. The number of likely N-dealkylation sites (N-methyl/N-ethyl adjacent to an activating group) is 1. The lowest BCUT2D eigenvalue weighted by Gasteiger charge is -2.33. The van der Waals surface area contributed by atoms with Crippen LogP contribution in [0.5, 0.6) is 0 Å². The molecule has 1 aromatic rings. The summed E-state index contributed by atoms with van der Waals surface area (Å²) < 4.78 is 1.15. The van der Waals surface area contributed by atoms with Gasteiger partial charge in [0.25, 0.3) is 0 Å². The van der Waals surface area contributed by atoms with Crippen LogP contribution in [0, 0.1) is 6.92 Å². The van der Waals surface area contributed by atoms with Crippen LogP contribution in [-0.2, 0) is 0 Å². The van der Waals surface area contributed by atoms with Crippen molar-refractivity contribution in [3.05, 3.63) is 28.2 Å². The fourth-order valence-corrected chi connectivity index (χ4v) is 3.03. The second-order valence-corrected chi connectivity index (χ2v) is 6.26. The van der Waals surface area contributed by atoms with Gasteiger partial charge in [-0.15, -0.1) is 0 Å². The summed E-state index contributed by atoms with van der Waals surface area (Å²) in [6.07, 6.45) is 2.01. The molecule has 1 N–H and O–H groups in total. The molecule has 0 saturated carbocycles. The summed E-state index contributed by atoms with van der Waals surface area (Å²) in [5.74, 6) is 0. The van der Waals surface area contributed by atoms with Gasteiger partial charge in [0, 0.05) is 35.9 Å². The molecule has 1 aromatic carbocycles. The number of nitrogens with zero attached hydrogens (tertiary/aromatic N) is 2. The number of anilines is 1. The van der Waals surface area contributed by atoms with Crippen LogP contribution < -0.4 is 4.90 Å². The maximum absolute atomic E-state index is 9.31. The summed E-state index contributed by atoms with van der Waals surface area (Å²) >= 11 is 3.56. The van der Waals surface area contributed by atoms with Crippen LogP contribution in [0.3, 0.4) is 0 Å². The van der Waals surface area contributed by atoms with Crippen molar-refractivity contribution in [2.24, 2.45) is 0 Å². The number of aryl methyl sites for hydroxylation is 1. The molecule has 0 aliphatic carbocycles. The highest BCUT2D eigenvalue weighted by Crippen LogP contribution is 2.26. The van der Waals surface area contributed by atoms with Crippen LogP contribution in [0.25, 0.3) is 0 Å². The van der Waals surface area contributed by atoms with Crippen LogP contribution >= 0.6 is 15.9 Å². The largest absolute Gasteiger partial charge is 0.396 e. The molecule has 3 nitrogen and oxygen atoms in total. The quantitative estimate of drug-likeness (QED) is 0.925. The normalized spacial score (nSPS) is 21.5. The molecule has 1 atom stereocenters. The molecule has 2 rings (SSSR count). The zero-order valence-electron chi connectivity index (χ0n) is 11.8. The first-order chi connectivity index (χ1) is 9.11. The Kier molecular flexibility index (Phi) is 5.25. The molecule has 0 bridgehead atoms. The Balaban J connectivity index is 2.24. The van der Waals surface area contributed by atoms with E-state index in [0.717, 1.165) is 30.5 Å². The first-order valence-corrected chi connectivity index (χ1v) is 7.73. The second kappa shape index (κ2) is 6.73. The van der Waals surface area contributed by atoms with Crippen molar-refractivity contribution in [1.29, 1.82) is 0 Å². The molecule has 1 aliphatic heterocycles. The summed E-state index contributed by atoms with van der Waals surface area (Å²) in [6.45, 7) is 5.60. The lowest BCUT2D eigenvalue weighted by Crippen LogP contribution is -2.41. The van der Waals surface area contributed by atoms with Crippen LogP contribution in [0.4, 0.5) is 5.69 Å². The highest BCUT2D eigenvalue weighted by molar-refractivity contribution is 9.10. The number of benzene rings is 1.